The van der Waals surface area contributed by atoms with Crippen molar-refractivity contribution < 1.29 is 9.59 Å². The van der Waals surface area contributed by atoms with Gasteiger partial charge in [0.05, 0.1) is 0 Å². The molecule has 20 heavy (non-hydrogen) atoms. The van der Waals surface area contributed by atoms with Crippen molar-refractivity contribution >= 4 is 17.6 Å². The highest BCUT2D eigenvalue weighted by molar-refractivity contribution is 6.19. The molecule has 1 aromatic carbocycles. The number of nitrogens with two attached hydrogens (primary N) is 1. The maximum Gasteiger partial charge on any atom is 0.264 e. The Morgan fingerprint density at radius 1 is 1.35 bits per heavy atom. The minimum Gasteiger partial charge on any atom is -0.327 e. The van der Waals surface area contributed by atoms with Crippen LogP contribution in [0.1, 0.15) is 36.8 Å². The number of aryl methyl sites for hydroxylation is 1. The number of amides is 2. The molecule has 1 heterocycles. The van der Waals surface area contributed by atoms with E-state index in [-0.39, 0.29) is 11.9 Å². The summed E-state index contributed by atoms with van der Waals surface area (Å²) in [6.07, 6.45) is 1.18. The number of rotatable bonds is 4. The summed E-state index contributed by atoms with van der Waals surface area (Å²) in [5.41, 5.74) is 7.43. The van der Waals surface area contributed by atoms with E-state index in [0.29, 0.717) is 17.8 Å². The van der Waals surface area contributed by atoms with Gasteiger partial charge in [-0.1, -0.05) is 31.2 Å². The summed E-state index contributed by atoms with van der Waals surface area (Å²) in [6, 6.07) is 7.25. The van der Waals surface area contributed by atoms with Crippen molar-refractivity contribution in [1.82, 2.24) is 5.32 Å². The smallest absolute Gasteiger partial charge is 0.264 e. The fraction of sp³-hybridized carbons (Fsp3) is 0.400. The Bertz CT molecular complexity index is 566. The van der Waals surface area contributed by atoms with Crippen molar-refractivity contribution in [3.05, 3.63) is 35.4 Å². The van der Waals surface area contributed by atoms with E-state index in [0.717, 1.165) is 12.0 Å². The molecule has 0 spiro atoms. The van der Waals surface area contributed by atoms with Crippen LogP contribution in [0.5, 0.6) is 0 Å². The molecule has 2 unspecified atom stereocenters. The summed E-state index contributed by atoms with van der Waals surface area (Å²) in [6.45, 7) is 3.83. The lowest BCUT2D eigenvalue weighted by Crippen LogP contribution is -2.44. The minimum atomic E-state index is -0.849. The van der Waals surface area contributed by atoms with Crippen molar-refractivity contribution in [1.29, 1.82) is 0 Å². The maximum absolute atomic E-state index is 12.2. The van der Waals surface area contributed by atoms with Gasteiger partial charge in [-0.3, -0.25) is 9.59 Å². The Morgan fingerprint density at radius 3 is 2.65 bits per heavy atom. The predicted octanol–water partition coefficient (Wildman–Crippen LogP) is 1.26. The lowest BCUT2D eigenvalue weighted by molar-refractivity contribution is -0.129. The molecule has 0 bridgehead atoms. The van der Waals surface area contributed by atoms with Gasteiger partial charge in [0.15, 0.2) is 0 Å². The number of amidine groups is 1. The topological polar surface area (TPSA) is 84.5 Å². The number of hydrogen-bond acceptors (Lipinski definition) is 3. The van der Waals surface area contributed by atoms with E-state index in [2.05, 4.69) is 10.3 Å². The SMILES string of the molecule is CCC(N)CC1=NC(=O)C(c2ccccc2C)C(=O)N1. The Kier molecular flexibility index (Phi) is 4.29. The molecule has 1 aromatic rings. The van der Waals surface area contributed by atoms with Crippen molar-refractivity contribution in [3.8, 4) is 0 Å². The van der Waals surface area contributed by atoms with Gasteiger partial charge in [0.1, 0.15) is 11.8 Å². The molecule has 0 aliphatic carbocycles. The van der Waals surface area contributed by atoms with Gasteiger partial charge in [-0.05, 0) is 24.5 Å². The molecule has 0 aromatic heterocycles. The van der Waals surface area contributed by atoms with Crippen LogP contribution < -0.4 is 11.1 Å². The Balaban J connectivity index is 2.25. The van der Waals surface area contributed by atoms with Crippen molar-refractivity contribution in [2.45, 2.75) is 38.6 Å². The van der Waals surface area contributed by atoms with Gasteiger partial charge in [-0.15, -0.1) is 0 Å². The molecule has 1 aliphatic rings. The first-order valence-electron chi connectivity index (χ1n) is 6.76. The second-order valence-electron chi connectivity index (χ2n) is 5.05. The molecule has 2 amide bonds. The Labute approximate surface area is 118 Å². The number of hydrogen-bond donors (Lipinski definition) is 2. The molecular weight excluding hydrogens is 254 g/mol. The van der Waals surface area contributed by atoms with Gasteiger partial charge in [0.25, 0.3) is 5.91 Å². The van der Waals surface area contributed by atoms with Crippen LogP contribution in [0, 0.1) is 6.92 Å². The van der Waals surface area contributed by atoms with Crippen molar-refractivity contribution in [3.63, 3.8) is 0 Å². The zero-order valence-corrected chi connectivity index (χ0v) is 11.7. The highest BCUT2D eigenvalue weighted by Crippen LogP contribution is 2.23. The lowest BCUT2D eigenvalue weighted by atomic mass is 9.92. The highest BCUT2D eigenvalue weighted by atomic mass is 16.2. The summed E-state index contributed by atoms with van der Waals surface area (Å²) < 4.78 is 0. The van der Waals surface area contributed by atoms with Gasteiger partial charge in [0.2, 0.25) is 5.91 Å². The average Bonchev–Trinajstić information content (AvgIpc) is 2.40. The third-order valence-corrected chi connectivity index (χ3v) is 3.50. The number of nitrogens with zero attached hydrogens (tertiary/aromatic N) is 1. The van der Waals surface area contributed by atoms with E-state index in [1.54, 1.807) is 6.07 Å². The van der Waals surface area contributed by atoms with Gasteiger partial charge in [-0.2, -0.15) is 4.99 Å². The van der Waals surface area contributed by atoms with E-state index in [1.165, 1.54) is 0 Å². The van der Waals surface area contributed by atoms with Crippen LogP contribution in [-0.2, 0) is 9.59 Å². The van der Waals surface area contributed by atoms with Gasteiger partial charge < -0.3 is 11.1 Å². The average molecular weight is 273 g/mol. The first kappa shape index (κ1) is 14.4. The standard InChI is InChI=1S/C15H19N3O2/c1-3-10(16)8-12-17-14(19)13(15(20)18-12)11-7-5-4-6-9(11)2/h4-7,10,13H,3,8,16H2,1-2H3,(H,17,18,19,20). The Morgan fingerprint density at radius 2 is 2.05 bits per heavy atom. The highest BCUT2D eigenvalue weighted by Gasteiger charge is 2.34. The van der Waals surface area contributed by atoms with E-state index < -0.39 is 11.8 Å². The summed E-state index contributed by atoms with van der Waals surface area (Å²) in [5, 5.41) is 2.70. The largest absolute Gasteiger partial charge is 0.327 e. The Hall–Kier alpha value is -2.01. The molecule has 1 aliphatic heterocycles. The van der Waals surface area contributed by atoms with E-state index >= 15 is 0 Å². The number of nitrogens with one attached hydrogen (secondary N) is 1. The van der Waals surface area contributed by atoms with E-state index in [4.69, 9.17) is 5.73 Å². The summed E-state index contributed by atoms with van der Waals surface area (Å²) in [7, 11) is 0. The number of benzene rings is 1. The van der Waals surface area contributed by atoms with Crippen LogP contribution in [0.3, 0.4) is 0 Å². The molecule has 5 nitrogen and oxygen atoms in total. The molecule has 5 heteroatoms. The molecule has 2 atom stereocenters. The van der Waals surface area contributed by atoms with Crippen LogP contribution in [-0.4, -0.2) is 23.7 Å². The first-order valence-corrected chi connectivity index (χ1v) is 6.76. The van der Waals surface area contributed by atoms with E-state index in [9.17, 15) is 9.59 Å². The molecule has 0 saturated carbocycles. The number of carbonyl (C=O) groups excluding carboxylic acids is 2. The van der Waals surface area contributed by atoms with Gasteiger partial charge in [-0.25, -0.2) is 0 Å². The molecular formula is C15H19N3O2. The number of carbonyl (C=O) groups is 2. The second-order valence-corrected chi connectivity index (χ2v) is 5.05. The van der Waals surface area contributed by atoms with Crippen LogP contribution in [0.2, 0.25) is 0 Å². The maximum atomic E-state index is 12.2. The fourth-order valence-corrected chi connectivity index (χ4v) is 2.23. The van der Waals surface area contributed by atoms with Gasteiger partial charge >= 0.3 is 0 Å². The molecule has 3 N–H and O–H groups in total. The second kappa shape index (κ2) is 5.96. The quantitative estimate of drug-likeness (QED) is 0.810. The third kappa shape index (κ3) is 2.93. The fourth-order valence-electron chi connectivity index (χ4n) is 2.23. The molecule has 0 radical (unpaired) electrons. The zero-order chi connectivity index (χ0) is 14.7. The van der Waals surface area contributed by atoms with Crippen molar-refractivity contribution in [2.24, 2.45) is 10.7 Å². The molecule has 0 saturated heterocycles. The predicted molar refractivity (Wildman–Crippen MR) is 77.4 cm³/mol. The van der Waals surface area contributed by atoms with Crippen LogP contribution >= 0.6 is 0 Å². The van der Waals surface area contributed by atoms with E-state index in [1.807, 2.05) is 32.0 Å². The van der Waals surface area contributed by atoms with Crippen LogP contribution in [0.4, 0.5) is 0 Å². The lowest BCUT2D eigenvalue weighted by Gasteiger charge is -2.22. The molecule has 2 rings (SSSR count). The summed E-state index contributed by atoms with van der Waals surface area (Å²) >= 11 is 0. The van der Waals surface area contributed by atoms with Crippen LogP contribution in [0.25, 0.3) is 0 Å². The summed E-state index contributed by atoms with van der Waals surface area (Å²) in [5.74, 6) is -1.21. The zero-order valence-electron chi connectivity index (χ0n) is 11.7. The molecule has 106 valence electrons. The summed E-state index contributed by atoms with van der Waals surface area (Å²) in [4.78, 5) is 28.3. The minimum absolute atomic E-state index is 0.100. The third-order valence-electron chi connectivity index (χ3n) is 3.50. The monoisotopic (exact) mass is 273 g/mol. The van der Waals surface area contributed by atoms with Crippen molar-refractivity contribution in [2.75, 3.05) is 0 Å². The normalized spacial score (nSPS) is 20.4. The van der Waals surface area contributed by atoms with Gasteiger partial charge in [0, 0.05) is 12.5 Å². The van der Waals surface area contributed by atoms with Crippen LogP contribution in [0.15, 0.2) is 29.3 Å². The molecule has 0 fully saturated rings. The first-order chi connectivity index (χ1) is 9.52. The number of aliphatic imine (C=N–C) groups is 1.